The Balaban J connectivity index is 1.93. The molecule has 18 heavy (non-hydrogen) atoms. The Bertz CT molecular complexity index is 595. The molecule has 0 saturated heterocycles. The van der Waals surface area contributed by atoms with Crippen molar-refractivity contribution < 1.29 is 4.79 Å². The van der Waals surface area contributed by atoms with Gasteiger partial charge < -0.3 is 0 Å². The largest absolute Gasteiger partial charge is 0.292 e. The molecule has 2 heterocycles. The summed E-state index contributed by atoms with van der Waals surface area (Å²) in [5.74, 6) is -0.126. The number of aryl methyl sites for hydroxylation is 1. The van der Waals surface area contributed by atoms with E-state index in [4.69, 9.17) is 11.6 Å². The van der Waals surface area contributed by atoms with Crippen LogP contribution in [0.25, 0.3) is 0 Å². The third-order valence-corrected chi connectivity index (χ3v) is 3.48. The van der Waals surface area contributed by atoms with Crippen LogP contribution in [0.3, 0.4) is 0 Å². The van der Waals surface area contributed by atoms with Gasteiger partial charge >= 0.3 is 0 Å². The fourth-order valence-electron chi connectivity index (χ4n) is 2.37. The zero-order valence-corrected chi connectivity index (χ0v) is 10.4. The molecule has 2 aromatic heterocycles. The first-order chi connectivity index (χ1) is 8.75. The summed E-state index contributed by atoms with van der Waals surface area (Å²) in [7, 11) is 0. The van der Waals surface area contributed by atoms with Gasteiger partial charge in [0.15, 0.2) is 5.78 Å². The van der Waals surface area contributed by atoms with Crippen molar-refractivity contribution >= 4 is 17.4 Å². The second-order valence-electron chi connectivity index (χ2n) is 4.36. The normalized spacial score (nSPS) is 17.5. The number of nitrogens with zero attached hydrogens (tertiary/aromatic N) is 2. The molecule has 0 bridgehead atoms. The number of hydrogen-bond donors (Lipinski definition) is 0. The SMILES string of the molecule is O=C(c1ccc(Cl)cn1)C1CCc2cccnc21. The number of carbonyl (C=O) groups is 1. The van der Waals surface area contributed by atoms with Gasteiger partial charge in [-0.1, -0.05) is 17.7 Å². The van der Waals surface area contributed by atoms with E-state index in [0.29, 0.717) is 10.7 Å². The predicted octanol–water partition coefficient (Wildman–Crippen LogP) is 3.04. The molecule has 1 aliphatic rings. The average molecular weight is 259 g/mol. The summed E-state index contributed by atoms with van der Waals surface area (Å²) >= 11 is 5.77. The van der Waals surface area contributed by atoms with E-state index < -0.39 is 0 Å². The summed E-state index contributed by atoms with van der Waals surface area (Å²) in [4.78, 5) is 20.8. The summed E-state index contributed by atoms with van der Waals surface area (Å²) < 4.78 is 0. The van der Waals surface area contributed by atoms with Crippen molar-refractivity contribution in [2.45, 2.75) is 18.8 Å². The molecule has 0 aromatic carbocycles. The minimum Gasteiger partial charge on any atom is -0.292 e. The van der Waals surface area contributed by atoms with Crippen molar-refractivity contribution in [3.8, 4) is 0 Å². The van der Waals surface area contributed by atoms with Gasteiger partial charge in [-0.15, -0.1) is 0 Å². The van der Waals surface area contributed by atoms with Crippen LogP contribution in [0.2, 0.25) is 5.02 Å². The van der Waals surface area contributed by atoms with E-state index in [1.54, 1.807) is 18.3 Å². The second kappa shape index (κ2) is 4.50. The number of halogens is 1. The number of Topliss-reactive ketones (excluding diaryl/α,β-unsaturated/α-hetero) is 1. The topological polar surface area (TPSA) is 42.9 Å². The highest BCUT2D eigenvalue weighted by molar-refractivity contribution is 6.30. The molecule has 90 valence electrons. The zero-order valence-electron chi connectivity index (χ0n) is 9.64. The molecule has 3 rings (SSSR count). The first kappa shape index (κ1) is 11.4. The number of rotatable bonds is 2. The summed E-state index contributed by atoms with van der Waals surface area (Å²) in [6.07, 6.45) is 4.96. The molecule has 1 unspecified atom stereocenters. The molecule has 0 radical (unpaired) electrons. The lowest BCUT2D eigenvalue weighted by Crippen LogP contribution is -2.12. The Hall–Kier alpha value is -1.74. The van der Waals surface area contributed by atoms with Crippen molar-refractivity contribution in [2.75, 3.05) is 0 Å². The maximum atomic E-state index is 12.4. The summed E-state index contributed by atoms with van der Waals surface area (Å²) in [5, 5.41) is 0.538. The number of hydrogen-bond acceptors (Lipinski definition) is 3. The monoisotopic (exact) mass is 258 g/mol. The maximum absolute atomic E-state index is 12.4. The highest BCUT2D eigenvalue weighted by Crippen LogP contribution is 2.33. The van der Waals surface area contributed by atoms with E-state index in [-0.39, 0.29) is 11.7 Å². The van der Waals surface area contributed by atoms with E-state index >= 15 is 0 Å². The number of pyridine rings is 2. The fourth-order valence-corrected chi connectivity index (χ4v) is 2.48. The lowest BCUT2D eigenvalue weighted by Gasteiger charge is -2.08. The number of carbonyl (C=O) groups excluding carboxylic acids is 1. The van der Waals surface area contributed by atoms with Gasteiger partial charge in [0.25, 0.3) is 0 Å². The van der Waals surface area contributed by atoms with Crippen LogP contribution >= 0.6 is 11.6 Å². The smallest absolute Gasteiger partial charge is 0.190 e. The molecular weight excluding hydrogens is 248 g/mol. The van der Waals surface area contributed by atoms with Crippen LogP contribution in [0.15, 0.2) is 36.7 Å². The van der Waals surface area contributed by atoms with Gasteiger partial charge in [0.05, 0.1) is 16.6 Å². The second-order valence-corrected chi connectivity index (χ2v) is 4.80. The van der Waals surface area contributed by atoms with Crippen molar-refractivity contribution in [1.82, 2.24) is 9.97 Å². The van der Waals surface area contributed by atoms with Crippen LogP contribution in [-0.4, -0.2) is 15.8 Å². The van der Waals surface area contributed by atoms with Crippen LogP contribution in [0.4, 0.5) is 0 Å². The minimum atomic E-state index is -0.158. The highest BCUT2D eigenvalue weighted by atomic mass is 35.5. The van der Waals surface area contributed by atoms with Gasteiger partial charge in [-0.2, -0.15) is 0 Å². The van der Waals surface area contributed by atoms with Crippen molar-refractivity contribution in [1.29, 1.82) is 0 Å². The Kier molecular flexibility index (Phi) is 2.84. The minimum absolute atomic E-state index is 0.0316. The Morgan fingerprint density at radius 2 is 2.17 bits per heavy atom. The first-order valence-electron chi connectivity index (χ1n) is 5.85. The summed E-state index contributed by atoms with van der Waals surface area (Å²) in [6, 6.07) is 7.30. The van der Waals surface area contributed by atoms with Crippen molar-refractivity contribution in [2.24, 2.45) is 0 Å². The van der Waals surface area contributed by atoms with Gasteiger partial charge in [0, 0.05) is 12.4 Å². The molecule has 0 N–H and O–H groups in total. The third-order valence-electron chi connectivity index (χ3n) is 3.25. The molecule has 1 aliphatic carbocycles. The molecule has 3 nitrogen and oxygen atoms in total. The number of aromatic nitrogens is 2. The van der Waals surface area contributed by atoms with Crippen molar-refractivity contribution in [3.63, 3.8) is 0 Å². The molecule has 0 saturated carbocycles. The average Bonchev–Trinajstić information content (AvgIpc) is 2.82. The zero-order chi connectivity index (χ0) is 12.5. The van der Waals surface area contributed by atoms with Gasteiger partial charge in [0.1, 0.15) is 5.69 Å². The molecule has 0 fully saturated rings. The quantitative estimate of drug-likeness (QED) is 0.778. The Morgan fingerprint density at radius 3 is 2.94 bits per heavy atom. The van der Waals surface area contributed by atoms with Crippen LogP contribution in [-0.2, 0) is 6.42 Å². The summed E-state index contributed by atoms with van der Waals surface area (Å²) in [5.41, 5.74) is 2.53. The lowest BCUT2D eigenvalue weighted by molar-refractivity contribution is 0.0953. The van der Waals surface area contributed by atoms with Gasteiger partial charge in [-0.25, -0.2) is 0 Å². The molecule has 0 aliphatic heterocycles. The van der Waals surface area contributed by atoms with Crippen molar-refractivity contribution in [3.05, 3.63) is 58.6 Å². The first-order valence-corrected chi connectivity index (χ1v) is 6.23. The maximum Gasteiger partial charge on any atom is 0.190 e. The number of fused-ring (bicyclic) bond motifs is 1. The van der Waals surface area contributed by atoms with Gasteiger partial charge in [-0.3, -0.25) is 14.8 Å². The van der Waals surface area contributed by atoms with Crippen LogP contribution in [0, 0.1) is 0 Å². The van der Waals surface area contributed by atoms with Crippen LogP contribution in [0.1, 0.15) is 34.1 Å². The molecule has 1 atom stereocenters. The van der Waals surface area contributed by atoms with Gasteiger partial charge in [0.2, 0.25) is 0 Å². The molecule has 4 heteroatoms. The van der Waals surface area contributed by atoms with E-state index in [9.17, 15) is 4.79 Å². The fraction of sp³-hybridized carbons (Fsp3) is 0.214. The predicted molar refractivity (Wildman–Crippen MR) is 68.9 cm³/mol. The molecule has 2 aromatic rings. The third kappa shape index (κ3) is 1.91. The van der Waals surface area contributed by atoms with Gasteiger partial charge in [-0.05, 0) is 36.6 Å². The van der Waals surface area contributed by atoms with E-state index in [1.807, 2.05) is 12.1 Å². The van der Waals surface area contributed by atoms with Crippen LogP contribution < -0.4 is 0 Å². The molecule has 0 spiro atoms. The van der Waals surface area contributed by atoms with E-state index in [1.165, 1.54) is 11.8 Å². The summed E-state index contributed by atoms with van der Waals surface area (Å²) in [6.45, 7) is 0. The standard InChI is InChI=1S/C14H11ClN2O/c15-10-4-6-12(17-8-10)14(18)11-5-3-9-2-1-7-16-13(9)11/h1-2,4,6-8,11H,3,5H2. The molecular formula is C14H11ClN2O. The van der Waals surface area contributed by atoms with Crippen LogP contribution in [0.5, 0.6) is 0 Å². The number of ketones is 1. The lowest BCUT2D eigenvalue weighted by atomic mass is 9.98. The Labute approximate surface area is 110 Å². The van der Waals surface area contributed by atoms with E-state index in [0.717, 1.165) is 18.5 Å². The Morgan fingerprint density at radius 1 is 1.28 bits per heavy atom. The highest BCUT2D eigenvalue weighted by Gasteiger charge is 2.30. The van der Waals surface area contributed by atoms with E-state index in [2.05, 4.69) is 9.97 Å². The molecule has 0 amide bonds.